The molecule has 126 valence electrons. The van der Waals surface area contributed by atoms with E-state index in [2.05, 4.69) is 36.3 Å². The van der Waals surface area contributed by atoms with Gasteiger partial charge in [0, 0.05) is 23.7 Å². The van der Waals surface area contributed by atoms with Gasteiger partial charge in [-0.15, -0.1) is 23.7 Å². The van der Waals surface area contributed by atoms with Crippen LogP contribution in [0.3, 0.4) is 0 Å². The number of aromatic nitrogens is 1. The number of thiazole rings is 1. The topological polar surface area (TPSA) is 69.4 Å². The number of rotatable bonds is 5. The van der Waals surface area contributed by atoms with Crippen LogP contribution >= 0.6 is 23.7 Å². The maximum absolute atomic E-state index is 5.68. The summed E-state index contributed by atoms with van der Waals surface area (Å²) in [6.45, 7) is 6.39. The molecule has 1 aromatic carbocycles. The molecule has 0 aliphatic carbocycles. The first kappa shape index (κ1) is 17.8. The Balaban J connectivity index is 0.00000192. The lowest BCUT2D eigenvalue weighted by molar-refractivity contribution is 0.171. The smallest absolute Gasteiger partial charge is 0.180 e. The zero-order chi connectivity index (χ0) is 15.5. The summed E-state index contributed by atoms with van der Waals surface area (Å²) in [5, 5.41) is 4.20. The van der Waals surface area contributed by atoms with Crippen molar-refractivity contribution in [1.29, 1.82) is 0 Å². The zero-order valence-corrected chi connectivity index (χ0v) is 14.9. The molecule has 1 atom stereocenters. The minimum Gasteiger partial charge on any atom is -0.486 e. The van der Waals surface area contributed by atoms with Crippen LogP contribution in [0.2, 0.25) is 0 Å². The van der Waals surface area contributed by atoms with E-state index in [-0.39, 0.29) is 18.4 Å². The Labute approximate surface area is 146 Å². The third-order valence-corrected chi connectivity index (χ3v) is 4.49. The lowest BCUT2D eigenvalue weighted by Gasteiger charge is -2.25. The minimum atomic E-state index is 0. The van der Waals surface area contributed by atoms with Gasteiger partial charge in [-0.3, -0.25) is 0 Å². The van der Waals surface area contributed by atoms with Crippen molar-refractivity contribution in [1.82, 2.24) is 10.3 Å². The fourth-order valence-corrected chi connectivity index (χ4v) is 3.24. The predicted molar refractivity (Wildman–Crippen MR) is 95.6 cm³/mol. The Kier molecular flexibility index (Phi) is 6.10. The van der Waals surface area contributed by atoms with E-state index in [0.29, 0.717) is 24.3 Å². The lowest BCUT2D eigenvalue weighted by Crippen LogP contribution is -2.25. The molecular formula is C16H22ClN3O2S. The fourth-order valence-electron chi connectivity index (χ4n) is 2.61. The minimum absolute atomic E-state index is 0. The molecule has 0 amide bonds. The predicted octanol–water partition coefficient (Wildman–Crippen LogP) is 3.41. The highest BCUT2D eigenvalue weighted by molar-refractivity contribution is 7.15. The normalized spacial score (nSPS) is 14.4. The van der Waals surface area contributed by atoms with Crippen LogP contribution in [-0.2, 0) is 6.54 Å². The number of nitrogens with zero attached hydrogens (tertiary/aromatic N) is 1. The number of fused-ring (bicyclic) bond motifs is 1. The number of halogens is 1. The van der Waals surface area contributed by atoms with Crippen molar-refractivity contribution in [2.24, 2.45) is 5.92 Å². The highest BCUT2D eigenvalue weighted by Gasteiger charge is 2.19. The molecule has 7 heteroatoms. The van der Waals surface area contributed by atoms with E-state index < -0.39 is 0 Å². The van der Waals surface area contributed by atoms with Crippen LogP contribution in [0.5, 0.6) is 11.5 Å². The van der Waals surface area contributed by atoms with Crippen LogP contribution < -0.4 is 20.5 Å². The second-order valence-corrected chi connectivity index (χ2v) is 6.82. The van der Waals surface area contributed by atoms with Crippen molar-refractivity contribution >= 4 is 28.9 Å². The number of nitrogen functional groups attached to an aromatic ring is 1. The van der Waals surface area contributed by atoms with Gasteiger partial charge in [-0.2, -0.15) is 0 Å². The SMILES string of the molecule is CC(C)C(NCc1cnc(N)s1)c1ccc2c(c1)OCCO2.Cl. The maximum Gasteiger partial charge on any atom is 0.180 e. The number of hydrogen-bond acceptors (Lipinski definition) is 6. The molecule has 1 unspecified atom stereocenters. The van der Waals surface area contributed by atoms with Crippen molar-refractivity contribution in [3.8, 4) is 11.5 Å². The number of anilines is 1. The summed E-state index contributed by atoms with van der Waals surface area (Å²) in [6, 6.07) is 6.41. The molecule has 0 spiro atoms. The van der Waals surface area contributed by atoms with Gasteiger partial charge in [-0.1, -0.05) is 19.9 Å². The van der Waals surface area contributed by atoms with E-state index in [1.807, 2.05) is 12.3 Å². The van der Waals surface area contributed by atoms with E-state index in [4.69, 9.17) is 15.2 Å². The van der Waals surface area contributed by atoms with Crippen LogP contribution in [0.4, 0.5) is 5.13 Å². The largest absolute Gasteiger partial charge is 0.486 e. The number of ether oxygens (including phenoxy) is 2. The highest BCUT2D eigenvalue weighted by atomic mass is 35.5. The summed E-state index contributed by atoms with van der Waals surface area (Å²) in [4.78, 5) is 5.23. The molecule has 23 heavy (non-hydrogen) atoms. The molecule has 1 aliphatic rings. The van der Waals surface area contributed by atoms with Crippen LogP contribution in [0.15, 0.2) is 24.4 Å². The van der Waals surface area contributed by atoms with Crippen molar-refractivity contribution in [3.05, 3.63) is 34.8 Å². The summed E-state index contributed by atoms with van der Waals surface area (Å²) < 4.78 is 11.3. The third-order valence-electron chi connectivity index (χ3n) is 3.66. The van der Waals surface area contributed by atoms with Gasteiger partial charge < -0.3 is 20.5 Å². The molecule has 1 aromatic heterocycles. The summed E-state index contributed by atoms with van der Waals surface area (Å²) >= 11 is 1.52. The number of hydrogen-bond donors (Lipinski definition) is 2. The monoisotopic (exact) mass is 355 g/mol. The molecule has 3 N–H and O–H groups in total. The van der Waals surface area contributed by atoms with Crippen LogP contribution in [0, 0.1) is 5.92 Å². The Bertz CT molecular complexity index is 648. The average Bonchev–Trinajstić information content (AvgIpc) is 2.92. The molecule has 1 aliphatic heterocycles. The zero-order valence-electron chi connectivity index (χ0n) is 13.2. The van der Waals surface area contributed by atoms with Crippen molar-refractivity contribution in [2.45, 2.75) is 26.4 Å². The van der Waals surface area contributed by atoms with E-state index >= 15 is 0 Å². The van der Waals surface area contributed by atoms with Gasteiger partial charge in [0.25, 0.3) is 0 Å². The Morgan fingerprint density at radius 3 is 2.65 bits per heavy atom. The summed E-state index contributed by atoms with van der Waals surface area (Å²) in [6.07, 6.45) is 1.83. The lowest BCUT2D eigenvalue weighted by atomic mass is 9.95. The molecule has 0 radical (unpaired) electrons. The van der Waals surface area contributed by atoms with E-state index in [1.54, 1.807) is 0 Å². The average molecular weight is 356 g/mol. The van der Waals surface area contributed by atoms with Crippen molar-refractivity contribution < 1.29 is 9.47 Å². The van der Waals surface area contributed by atoms with Crippen LogP contribution in [-0.4, -0.2) is 18.2 Å². The third kappa shape index (κ3) is 4.28. The molecule has 3 rings (SSSR count). The van der Waals surface area contributed by atoms with Gasteiger partial charge in [0.15, 0.2) is 16.6 Å². The Morgan fingerprint density at radius 1 is 1.26 bits per heavy atom. The van der Waals surface area contributed by atoms with Gasteiger partial charge in [0.05, 0.1) is 0 Å². The first-order valence-corrected chi connectivity index (χ1v) is 8.28. The van der Waals surface area contributed by atoms with E-state index in [9.17, 15) is 0 Å². The van der Waals surface area contributed by atoms with Gasteiger partial charge in [-0.05, 0) is 23.6 Å². The molecule has 5 nitrogen and oxygen atoms in total. The maximum atomic E-state index is 5.68. The summed E-state index contributed by atoms with van der Waals surface area (Å²) in [5.41, 5.74) is 6.89. The van der Waals surface area contributed by atoms with E-state index in [0.717, 1.165) is 22.9 Å². The Morgan fingerprint density at radius 2 is 2.00 bits per heavy atom. The number of nitrogens with one attached hydrogen (secondary N) is 1. The molecule has 2 aromatic rings. The number of nitrogens with two attached hydrogens (primary N) is 1. The second-order valence-electron chi connectivity index (χ2n) is 5.67. The van der Waals surface area contributed by atoms with Gasteiger partial charge >= 0.3 is 0 Å². The standard InChI is InChI=1S/C16H21N3O2S.ClH/c1-10(2)15(18-8-12-9-19-16(17)22-12)11-3-4-13-14(7-11)21-6-5-20-13;/h3-4,7,9-10,15,18H,5-6,8H2,1-2H3,(H2,17,19);1H. The van der Waals surface area contributed by atoms with E-state index in [1.165, 1.54) is 16.9 Å². The fraction of sp³-hybridized carbons (Fsp3) is 0.438. The van der Waals surface area contributed by atoms with Gasteiger partial charge in [-0.25, -0.2) is 4.98 Å². The molecule has 0 saturated heterocycles. The second kappa shape index (κ2) is 7.86. The molecule has 2 heterocycles. The van der Waals surface area contributed by atoms with Crippen molar-refractivity contribution in [2.75, 3.05) is 18.9 Å². The Hall–Kier alpha value is -1.50. The van der Waals surface area contributed by atoms with Gasteiger partial charge in [0.1, 0.15) is 13.2 Å². The first-order valence-electron chi connectivity index (χ1n) is 7.46. The summed E-state index contributed by atoms with van der Waals surface area (Å²) in [7, 11) is 0. The first-order chi connectivity index (χ1) is 10.6. The highest BCUT2D eigenvalue weighted by Crippen LogP contribution is 2.34. The molecule has 0 fully saturated rings. The summed E-state index contributed by atoms with van der Waals surface area (Å²) in [5.74, 6) is 2.11. The molecule has 0 bridgehead atoms. The molecule has 0 saturated carbocycles. The van der Waals surface area contributed by atoms with Crippen LogP contribution in [0.25, 0.3) is 0 Å². The van der Waals surface area contributed by atoms with Crippen LogP contribution in [0.1, 0.15) is 30.3 Å². The van der Waals surface area contributed by atoms with Gasteiger partial charge in [0.2, 0.25) is 0 Å². The number of benzene rings is 1. The van der Waals surface area contributed by atoms with Crippen molar-refractivity contribution in [3.63, 3.8) is 0 Å². The quantitative estimate of drug-likeness (QED) is 0.860. The molecular weight excluding hydrogens is 334 g/mol.